The molecule has 1 aliphatic rings. The van der Waals surface area contributed by atoms with Crippen LogP contribution < -0.4 is 20.1 Å². The van der Waals surface area contributed by atoms with Crippen LogP contribution in [0.1, 0.15) is 34.3 Å². The molecule has 0 radical (unpaired) electrons. The fraction of sp³-hybridized carbons (Fsp3) is 0.391. The number of guanidine groups is 1. The number of aryl methyl sites for hydroxylation is 2. The van der Waals surface area contributed by atoms with E-state index in [0.717, 1.165) is 30.7 Å². The zero-order valence-electron chi connectivity index (χ0n) is 18.0. The topological polar surface area (TPSA) is 81.2 Å². The van der Waals surface area contributed by atoms with E-state index >= 15 is 0 Å². The lowest BCUT2D eigenvalue weighted by Crippen LogP contribution is -2.37. The van der Waals surface area contributed by atoms with Gasteiger partial charge in [-0.1, -0.05) is 17.7 Å². The number of methoxy groups -OCH3 is 2. The summed E-state index contributed by atoms with van der Waals surface area (Å²) in [4.78, 5) is 17.5. The van der Waals surface area contributed by atoms with E-state index < -0.39 is 0 Å². The van der Waals surface area contributed by atoms with Crippen LogP contribution in [-0.4, -0.2) is 45.3 Å². The minimum atomic E-state index is -0.292. The first kappa shape index (κ1) is 21.6. The highest BCUT2D eigenvalue weighted by Gasteiger charge is 2.17. The number of benzene rings is 2. The third kappa shape index (κ3) is 5.51. The molecule has 7 heteroatoms. The van der Waals surface area contributed by atoms with Gasteiger partial charge in [0.2, 0.25) is 5.96 Å². The van der Waals surface area contributed by atoms with Crippen molar-refractivity contribution < 1.29 is 19.0 Å². The van der Waals surface area contributed by atoms with Gasteiger partial charge in [0.05, 0.1) is 26.9 Å². The molecule has 30 heavy (non-hydrogen) atoms. The van der Waals surface area contributed by atoms with Crippen LogP contribution in [-0.2, 0) is 4.74 Å². The van der Waals surface area contributed by atoms with Crippen molar-refractivity contribution in [3.8, 4) is 11.5 Å². The Morgan fingerprint density at radius 3 is 2.60 bits per heavy atom. The van der Waals surface area contributed by atoms with Crippen molar-refractivity contribution in [2.75, 3.05) is 32.7 Å². The van der Waals surface area contributed by atoms with Crippen LogP contribution in [0.4, 0.5) is 5.69 Å². The SMILES string of the molecule is COc1ccc(C(=O)NC(=NC[C@H]2CCCO2)Nc2ccc(C)cc2C)cc1OC. The number of hydrogen-bond donors (Lipinski definition) is 2. The van der Waals surface area contributed by atoms with Gasteiger partial charge in [0.1, 0.15) is 0 Å². The maximum atomic E-state index is 12.9. The molecule has 1 atom stereocenters. The fourth-order valence-corrected chi connectivity index (χ4v) is 3.33. The van der Waals surface area contributed by atoms with Crippen LogP contribution in [0.5, 0.6) is 11.5 Å². The normalized spacial score (nSPS) is 16.3. The molecule has 0 bridgehead atoms. The van der Waals surface area contributed by atoms with Crippen molar-refractivity contribution in [3.63, 3.8) is 0 Å². The second-order valence-electron chi connectivity index (χ2n) is 7.29. The highest BCUT2D eigenvalue weighted by atomic mass is 16.5. The van der Waals surface area contributed by atoms with Crippen LogP contribution in [0, 0.1) is 13.8 Å². The molecule has 0 spiro atoms. The van der Waals surface area contributed by atoms with E-state index in [-0.39, 0.29) is 12.0 Å². The number of hydrogen-bond acceptors (Lipinski definition) is 5. The third-order valence-electron chi connectivity index (χ3n) is 4.99. The number of carbonyl (C=O) groups is 1. The van der Waals surface area contributed by atoms with Gasteiger partial charge in [-0.25, -0.2) is 4.99 Å². The Hall–Kier alpha value is -3.06. The summed E-state index contributed by atoms with van der Waals surface area (Å²) in [7, 11) is 3.09. The van der Waals surface area contributed by atoms with Gasteiger partial charge in [-0.3, -0.25) is 10.1 Å². The molecular formula is C23H29N3O4. The van der Waals surface area contributed by atoms with E-state index in [0.29, 0.717) is 29.6 Å². The first-order chi connectivity index (χ1) is 14.5. The van der Waals surface area contributed by atoms with Crippen LogP contribution in [0.15, 0.2) is 41.4 Å². The maximum Gasteiger partial charge on any atom is 0.258 e. The van der Waals surface area contributed by atoms with Gasteiger partial charge in [-0.15, -0.1) is 0 Å². The molecule has 2 N–H and O–H groups in total. The number of aliphatic imine (C=N–C) groups is 1. The van der Waals surface area contributed by atoms with Crippen molar-refractivity contribution in [3.05, 3.63) is 53.1 Å². The van der Waals surface area contributed by atoms with Gasteiger partial charge < -0.3 is 19.5 Å². The molecule has 0 aromatic heterocycles. The second-order valence-corrected chi connectivity index (χ2v) is 7.29. The molecule has 1 amide bonds. The Balaban J connectivity index is 1.80. The van der Waals surface area contributed by atoms with E-state index in [1.54, 1.807) is 25.3 Å². The fourth-order valence-electron chi connectivity index (χ4n) is 3.33. The first-order valence-electron chi connectivity index (χ1n) is 10.0. The molecule has 1 saturated heterocycles. The molecule has 0 unspecified atom stereocenters. The second kappa shape index (κ2) is 10.1. The number of rotatable bonds is 6. The van der Waals surface area contributed by atoms with Crippen molar-refractivity contribution in [1.82, 2.24) is 5.32 Å². The van der Waals surface area contributed by atoms with Crippen LogP contribution in [0.25, 0.3) is 0 Å². The first-order valence-corrected chi connectivity index (χ1v) is 10.0. The molecule has 2 aromatic carbocycles. The van der Waals surface area contributed by atoms with E-state index in [4.69, 9.17) is 14.2 Å². The Labute approximate surface area is 177 Å². The molecule has 0 aliphatic carbocycles. The van der Waals surface area contributed by atoms with E-state index in [1.807, 2.05) is 26.0 Å². The summed E-state index contributed by atoms with van der Waals surface area (Å²) >= 11 is 0. The molecule has 0 saturated carbocycles. The number of ether oxygens (including phenoxy) is 3. The molecule has 7 nitrogen and oxygen atoms in total. The molecule has 1 fully saturated rings. The van der Waals surface area contributed by atoms with E-state index in [9.17, 15) is 4.79 Å². The third-order valence-corrected chi connectivity index (χ3v) is 4.99. The Bertz CT molecular complexity index is 921. The summed E-state index contributed by atoms with van der Waals surface area (Å²) in [6, 6.07) is 11.1. The summed E-state index contributed by atoms with van der Waals surface area (Å²) in [6.07, 6.45) is 2.10. The van der Waals surface area contributed by atoms with Crippen molar-refractivity contribution >= 4 is 17.6 Å². The Kier molecular flexibility index (Phi) is 7.30. The van der Waals surface area contributed by atoms with Gasteiger partial charge in [-0.2, -0.15) is 0 Å². The van der Waals surface area contributed by atoms with Gasteiger partial charge in [-0.05, 0) is 56.5 Å². The largest absolute Gasteiger partial charge is 0.493 e. The smallest absolute Gasteiger partial charge is 0.258 e. The van der Waals surface area contributed by atoms with Gasteiger partial charge in [0.15, 0.2) is 11.5 Å². The summed E-state index contributed by atoms with van der Waals surface area (Å²) in [5.74, 6) is 1.15. The zero-order chi connectivity index (χ0) is 21.5. The summed E-state index contributed by atoms with van der Waals surface area (Å²) in [5, 5.41) is 6.14. The predicted octanol–water partition coefficient (Wildman–Crippen LogP) is 3.70. The molecular weight excluding hydrogens is 382 g/mol. The van der Waals surface area contributed by atoms with E-state index in [2.05, 4.69) is 21.7 Å². The van der Waals surface area contributed by atoms with Gasteiger partial charge in [0, 0.05) is 17.9 Å². The summed E-state index contributed by atoms with van der Waals surface area (Å²) < 4.78 is 16.2. The van der Waals surface area contributed by atoms with Crippen LogP contribution in [0.3, 0.4) is 0 Å². The quantitative estimate of drug-likeness (QED) is 0.560. The zero-order valence-corrected chi connectivity index (χ0v) is 18.0. The average molecular weight is 412 g/mol. The van der Waals surface area contributed by atoms with Crippen LogP contribution >= 0.6 is 0 Å². The minimum Gasteiger partial charge on any atom is -0.493 e. The monoisotopic (exact) mass is 411 g/mol. The minimum absolute atomic E-state index is 0.0823. The predicted molar refractivity (Wildman–Crippen MR) is 118 cm³/mol. The van der Waals surface area contributed by atoms with Gasteiger partial charge >= 0.3 is 0 Å². The number of nitrogens with zero attached hydrogens (tertiary/aromatic N) is 1. The van der Waals surface area contributed by atoms with E-state index in [1.165, 1.54) is 12.7 Å². The summed E-state index contributed by atoms with van der Waals surface area (Å²) in [5.41, 5.74) is 3.57. The lowest BCUT2D eigenvalue weighted by Gasteiger charge is -2.16. The average Bonchev–Trinajstić information content (AvgIpc) is 3.27. The molecule has 160 valence electrons. The number of amides is 1. The van der Waals surface area contributed by atoms with Crippen LogP contribution in [0.2, 0.25) is 0 Å². The van der Waals surface area contributed by atoms with Crippen molar-refractivity contribution in [2.24, 2.45) is 4.99 Å². The molecule has 1 heterocycles. The van der Waals surface area contributed by atoms with Crippen molar-refractivity contribution in [1.29, 1.82) is 0 Å². The number of anilines is 1. The number of nitrogens with one attached hydrogen (secondary N) is 2. The lowest BCUT2D eigenvalue weighted by atomic mass is 10.1. The maximum absolute atomic E-state index is 12.9. The number of carbonyl (C=O) groups excluding carboxylic acids is 1. The highest BCUT2D eigenvalue weighted by molar-refractivity contribution is 6.10. The standard InChI is InChI=1S/C23H29N3O4/c1-15-7-9-19(16(2)12-15)25-23(24-14-18-6-5-11-30-18)26-22(27)17-8-10-20(28-3)21(13-17)29-4/h7-10,12-13,18H,5-6,11,14H2,1-4H3,(H2,24,25,26,27)/t18-/m1/s1. The highest BCUT2D eigenvalue weighted by Crippen LogP contribution is 2.27. The Morgan fingerprint density at radius 1 is 1.13 bits per heavy atom. The Morgan fingerprint density at radius 2 is 1.93 bits per heavy atom. The molecule has 1 aliphatic heterocycles. The van der Waals surface area contributed by atoms with Crippen molar-refractivity contribution in [2.45, 2.75) is 32.8 Å². The summed E-state index contributed by atoms with van der Waals surface area (Å²) in [6.45, 7) is 5.31. The molecule has 3 rings (SSSR count). The van der Waals surface area contributed by atoms with Gasteiger partial charge in [0.25, 0.3) is 5.91 Å². The lowest BCUT2D eigenvalue weighted by molar-refractivity contribution is 0.0975. The molecule has 2 aromatic rings.